The Kier molecular flexibility index (Phi) is 4.40. The van der Waals surface area contributed by atoms with Crippen LogP contribution in [0.5, 0.6) is 5.75 Å². The fourth-order valence-corrected chi connectivity index (χ4v) is 1.94. The maximum atomic E-state index is 13.0. The van der Waals surface area contributed by atoms with Gasteiger partial charge in [-0.15, -0.1) is 0 Å². The van der Waals surface area contributed by atoms with Crippen LogP contribution in [-0.4, -0.2) is 5.78 Å². The second-order valence-corrected chi connectivity index (χ2v) is 4.79. The van der Waals surface area contributed by atoms with E-state index in [1.54, 1.807) is 24.3 Å². The number of nitrogen functional groups attached to an aromatic ring is 1. The number of rotatable bonds is 4. The average Bonchev–Trinajstić information content (AvgIpc) is 2.45. The van der Waals surface area contributed by atoms with Gasteiger partial charge in [-0.05, 0) is 42.8 Å². The lowest BCUT2D eigenvalue weighted by Gasteiger charge is -2.13. The molecule has 2 rings (SSSR count). The van der Waals surface area contributed by atoms with Crippen LogP contribution in [0.25, 0.3) is 0 Å². The number of hydrogen-bond donors (Lipinski definition) is 1. The first-order valence-corrected chi connectivity index (χ1v) is 6.47. The summed E-state index contributed by atoms with van der Waals surface area (Å²) in [6.45, 7) is 1.20. The zero-order valence-electron chi connectivity index (χ0n) is 11.8. The van der Waals surface area contributed by atoms with Crippen LogP contribution in [0.15, 0.2) is 42.5 Å². The van der Waals surface area contributed by atoms with Crippen LogP contribution in [0.3, 0.4) is 0 Å². The van der Waals surface area contributed by atoms with Crippen molar-refractivity contribution in [3.05, 3.63) is 59.2 Å². The van der Waals surface area contributed by atoms with Crippen molar-refractivity contribution in [1.82, 2.24) is 0 Å². The van der Waals surface area contributed by atoms with Crippen LogP contribution in [0.1, 0.15) is 28.4 Å². The largest absolute Gasteiger partial charge is 0.489 e. The van der Waals surface area contributed by atoms with Gasteiger partial charge in [0.25, 0.3) is 0 Å². The minimum absolute atomic E-state index is 0.0501. The molecule has 2 N–H and O–H groups in total. The van der Waals surface area contributed by atoms with Crippen molar-refractivity contribution in [2.45, 2.75) is 19.7 Å². The van der Waals surface area contributed by atoms with Crippen molar-refractivity contribution in [2.24, 2.45) is 0 Å². The predicted octanol–water partition coefficient (Wildman–Crippen LogP) is 4.07. The van der Waals surface area contributed by atoms with E-state index < -0.39 is 17.5 Å². The van der Waals surface area contributed by atoms with Crippen molar-refractivity contribution in [3.63, 3.8) is 0 Å². The second kappa shape index (κ2) is 6.09. The number of benzene rings is 2. The van der Waals surface area contributed by atoms with Gasteiger partial charge in [0.05, 0.1) is 5.56 Å². The molecule has 3 nitrogen and oxygen atoms in total. The summed E-state index contributed by atoms with van der Waals surface area (Å²) in [5.74, 6) is -0.591. The maximum Gasteiger partial charge on any atom is 0.417 e. The third kappa shape index (κ3) is 3.78. The molecule has 0 atom stereocenters. The molecule has 0 spiro atoms. The van der Waals surface area contributed by atoms with Crippen molar-refractivity contribution < 1.29 is 22.7 Å². The van der Waals surface area contributed by atoms with E-state index in [4.69, 9.17) is 10.5 Å². The highest BCUT2D eigenvalue weighted by atomic mass is 19.4. The minimum Gasteiger partial charge on any atom is -0.489 e. The van der Waals surface area contributed by atoms with Crippen molar-refractivity contribution in [3.8, 4) is 5.75 Å². The Morgan fingerprint density at radius 3 is 2.32 bits per heavy atom. The SMILES string of the molecule is CC(=O)c1ccc(OCc2ccc(N)cc2)cc1C(F)(F)F. The summed E-state index contributed by atoms with van der Waals surface area (Å²) in [5.41, 5.74) is 5.56. The lowest BCUT2D eigenvalue weighted by molar-refractivity contribution is -0.138. The molecule has 0 amide bonds. The van der Waals surface area contributed by atoms with Crippen molar-refractivity contribution in [1.29, 1.82) is 0 Å². The number of anilines is 1. The first-order valence-electron chi connectivity index (χ1n) is 6.47. The van der Waals surface area contributed by atoms with E-state index in [0.29, 0.717) is 5.69 Å². The average molecular weight is 309 g/mol. The smallest absolute Gasteiger partial charge is 0.417 e. The first-order chi connectivity index (χ1) is 10.3. The highest BCUT2D eigenvalue weighted by Gasteiger charge is 2.34. The second-order valence-electron chi connectivity index (χ2n) is 4.79. The Bertz CT molecular complexity index is 679. The highest BCUT2D eigenvalue weighted by molar-refractivity contribution is 5.95. The molecular formula is C16H14F3NO2. The minimum atomic E-state index is -4.61. The normalized spacial score (nSPS) is 11.3. The molecule has 0 fully saturated rings. The number of Topliss-reactive ketones (excluding diaryl/α,β-unsaturated/α-hetero) is 1. The van der Waals surface area contributed by atoms with Crippen LogP contribution in [0.4, 0.5) is 18.9 Å². The zero-order chi connectivity index (χ0) is 16.3. The van der Waals surface area contributed by atoms with E-state index >= 15 is 0 Å². The number of ether oxygens (including phenoxy) is 1. The van der Waals surface area contributed by atoms with E-state index in [0.717, 1.165) is 24.6 Å². The van der Waals surface area contributed by atoms with E-state index in [2.05, 4.69) is 0 Å². The molecule has 0 aliphatic rings. The molecule has 2 aromatic carbocycles. The summed E-state index contributed by atoms with van der Waals surface area (Å²) in [6.07, 6.45) is -4.61. The van der Waals surface area contributed by atoms with Crippen molar-refractivity contribution in [2.75, 3.05) is 5.73 Å². The topological polar surface area (TPSA) is 52.3 Å². The molecule has 0 bridgehead atoms. The first kappa shape index (κ1) is 15.9. The standard InChI is InChI=1S/C16H14F3NO2/c1-10(21)14-7-6-13(8-15(14)16(17,18)19)22-9-11-2-4-12(20)5-3-11/h2-8H,9,20H2,1H3. The molecule has 6 heteroatoms. The number of nitrogens with two attached hydrogens (primary N) is 1. The predicted molar refractivity (Wildman–Crippen MR) is 76.6 cm³/mol. The Morgan fingerprint density at radius 1 is 1.14 bits per heavy atom. The Hall–Kier alpha value is -2.50. The lowest BCUT2D eigenvalue weighted by Crippen LogP contribution is -2.12. The van der Waals surface area contributed by atoms with Gasteiger partial charge in [0, 0.05) is 11.3 Å². The zero-order valence-corrected chi connectivity index (χ0v) is 11.8. The molecule has 0 aliphatic carbocycles. The summed E-state index contributed by atoms with van der Waals surface area (Å²) in [4.78, 5) is 11.3. The van der Waals surface area contributed by atoms with Gasteiger partial charge in [0.15, 0.2) is 5.78 Å². The van der Waals surface area contributed by atoms with Crippen molar-refractivity contribution >= 4 is 11.5 Å². The van der Waals surface area contributed by atoms with Crippen LogP contribution < -0.4 is 10.5 Å². The molecule has 0 saturated heterocycles. The summed E-state index contributed by atoms with van der Waals surface area (Å²) < 4.78 is 44.3. The van der Waals surface area contributed by atoms with Crippen LogP contribution in [-0.2, 0) is 12.8 Å². The van der Waals surface area contributed by atoms with Crippen LogP contribution >= 0.6 is 0 Å². The summed E-state index contributed by atoms with van der Waals surface area (Å²) >= 11 is 0. The molecular weight excluding hydrogens is 295 g/mol. The Morgan fingerprint density at radius 2 is 1.77 bits per heavy atom. The van der Waals surface area contributed by atoms with Gasteiger partial charge in [-0.3, -0.25) is 4.79 Å². The lowest BCUT2D eigenvalue weighted by atomic mass is 10.0. The van der Waals surface area contributed by atoms with Gasteiger partial charge in [0.1, 0.15) is 12.4 Å². The van der Waals surface area contributed by atoms with Gasteiger partial charge in [-0.25, -0.2) is 0 Å². The molecule has 0 unspecified atom stereocenters. The maximum absolute atomic E-state index is 13.0. The fourth-order valence-electron chi connectivity index (χ4n) is 1.94. The van der Waals surface area contributed by atoms with Gasteiger partial charge >= 0.3 is 6.18 Å². The number of carbonyl (C=O) groups excluding carboxylic acids is 1. The monoisotopic (exact) mass is 309 g/mol. The van der Waals surface area contributed by atoms with E-state index in [9.17, 15) is 18.0 Å². The molecule has 0 aromatic heterocycles. The quantitative estimate of drug-likeness (QED) is 0.684. The molecule has 116 valence electrons. The van der Waals surface area contributed by atoms with Gasteiger partial charge in [-0.1, -0.05) is 12.1 Å². The highest BCUT2D eigenvalue weighted by Crippen LogP contribution is 2.34. The van der Waals surface area contributed by atoms with E-state index in [-0.39, 0.29) is 17.9 Å². The third-order valence-electron chi connectivity index (χ3n) is 3.06. The number of halogens is 3. The fraction of sp³-hybridized carbons (Fsp3) is 0.188. The van der Waals surface area contributed by atoms with Gasteiger partial charge in [0.2, 0.25) is 0 Å². The van der Waals surface area contributed by atoms with Crippen LogP contribution in [0, 0.1) is 0 Å². The van der Waals surface area contributed by atoms with Crippen LogP contribution in [0.2, 0.25) is 0 Å². The molecule has 0 aliphatic heterocycles. The molecule has 0 saturated carbocycles. The number of hydrogen-bond acceptors (Lipinski definition) is 3. The van der Waals surface area contributed by atoms with Gasteiger partial charge < -0.3 is 10.5 Å². The molecule has 2 aromatic rings. The third-order valence-corrected chi connectivity index (χ3v) is 3.06. The summed E-state index contributed by atoms with van der Waals surface area (Å²) in [7, 11) is 0. The summed E-state index contributed by atoms with van der Waals surface area (Å²) in [5, 5.41) is 0. The van der Waals surface area contributed by atoms with E-state index in [1.807, 2.05) is 0 Å². The molecule has 0 radical (unpaired) electrons. The molecule has 22 heavy (non-hydrogen) atoms. The van der Waals surface area contributed by atoms with E-state index in [1.165, 1.54) is 6.07 Å². The number of alkyl halides is 3. The van der Waals surface area contributed by atoms with Gasteiger partial charge in [-0.2, -0.15) is 13.2 Å². The number of ketones is 1. The number of carbonyl (C=O) groups is 1. The Labute approximate surface area is 125 Å². The Balaban J connectivity index is 2.21. The summed E-state index contributed by atoms with van der Waals surface area (Å²) in [6, 6.07) is 10.1. The molecule has 0 heterocycles.